The fourth-order valence-electron chi connectivity index (χ4n) is 2.21. The maximum Gasteiger partial charge on any atom is 0.241 e. The van der Waals surface area contributed by atoms with Crippen molar-refractivity contribution in [1.82, 2.24) is 29.9 Å². The van der Waals surface area contributed by atoms with Crippen molar-refractivity contribution in [3.05, 3.63) is 48.2 Å². The van der Waals surface area contributed by atoms with E-state index in [0.717, 1.165) is 5.56 Å². The smallest absolute Gasteiger partial charge is 0.241 e. The van der Waals surface area contributed by atoms with Gasteiger partial charge in [-0.2, -0.15) is 14.8 Å². The van der Waals surface area contributed by atoms with Gasteiger partial charge in [0.25, 0.3) is 0 Å². The first-order valence-electron chi connectivity index (χ1n) is 7.75. The molecule has 3 aromatic rings. The average Bonchev–Trinajstić information content (AvgIpc) is 3.15. The van der Waals surface area contributed by atoms with Gasteiger partial charge in [-0.05, 0) is 35.0 Å². The maximum absolute atomic E-state index is 12.0. The summed E-state index contributed by atoms with van der Waals surface area (Å²) in [5, 5.41) is 20.8. The van der Waals surface area contributed by atoms with Crippen LogP contribution in [0.25, 0.3) is 11.4 Å². The number of aromatic nitrogens is 5. The predicted octanol–water partition coefficient (Wildman–Crippen LogP) is 0.594. The van der Waals surface area contributed by atoms with E-state index in [4.69, 9.17) is 10.00 Å². The van der Waals surface area contributed by atoms with Crippen molar-refractivity contribution in [2.75, 3.05) is 13.7 Å². The zero-order valence-electron chi connectivity index (χ0n) is 14.3. The van der Waals surface area contributed by atoms with E-state index in [2.05, 4.69) is 25.1 Å². The van der Waals surface area contributed by atoms with E-state index in [1.165, 1.54) is 16.9 Å². The van der Waals surface area contributed by atoms with Gasteiger partial charge in [-0.3, -0.25) is 0 Å². The quantitative estimate of drug-likeness (QED) is 0.584. The number of nitrogens with one attached hydrogen (secondary N) is 1. The summed E-state index contributed by atoms with van der Waals surface area (Å²) in [6.45, 7) is 0.0920. The Labute approximate surface area is 155 Å². The van der Waals surface area contributed by atoms with E-state index >= 15 is 0 Å². The summed E-state index contributed by atoms with van der Waals surface area (Å²) < 4.78 is 31.1. The Morgan fingerprint density at radius 3 is 2.63 bits per heavy atom. The Bertz CT molecular complexity index is 1050. The van der Waals surface area contributed by atoms with Crippen molar-refractivity contribution in [2.45, 2.75) is 11.4 Å². The Kier molecular flexibility index (Phi) is 5.39. The summed E-state index contributed by atoms with van der Waals surface area (Å²) in [6.07, 6.45) is 1.66. The molecular formula is C16H15N7O3S. The maximum atomic E-state index is 12.0. The molecule has 0 radical (unpaired) electrons. The lowest BCUT2D eigenvalue weighted by molar-refractivity contribution is 0.397. The van der Waals surface area contributed by atoms with Gasteiger partial charge in [0.1, 0.15) is 0 Å². The Morgan fingerprint density at radius 1 is 1.22 bits per heavy atom. The SMILES string of the molecule is COc1ccc(Cn2nnc(-c3ccc(S(=O)(=O)NCC#N)cc3)n2)cn1. The van der Waals surface area contributed by atoms with Crippen molar-refractivity contribution in [1.29, 1.82) is 5.26 Å². The highest BCUT2D eigenvalue weighted by molar-refractivity contribution is 7.89. The molecule has 3 rings (SSSR count). The Morgan fingerprint density at radius 2 is 2.00 bits per heavy atom. The Balaban J connectivity index is 1.73. The van der Waals surface area contributed by atoms with Crippen LogP contribution in [0.4, 0.5) is 0 Å². The lowest BCUT2D eigenvalue weighted by atomic mass is 10.2. The van der Waals surface area contributed by atoms with Crippen LogP contribution in [-0.4, -0.2) is 47.3 Å². The minimum atomic E-state index is -3.71. The van der Waals surface area contributed by atoms with Gasteiger partial charge in [-0.15, -0.1) is 10.2 Å². The average molecular weight is 385 g/mol. The molecule has 0 aliphatic carbocycles. The molecule has 0 aliphatic heterocycles. The van der Waals surface area contributed by atoms with E-state index in [1.54, 1.807) is 37.6 Å². The molecule has 27 heavy (non-hydrogen) atoms. The normalized spacial score (nSPS) is 11.1. The van der Waals surface area contributed by atoms with Crippen LogP contribution in [0.15, 0.2) is 47.5 Å². The molecule has 2 aromatic heterocycles. The van der Waals surface area contributed by atoms with Crippen LogP contribution in [0.2, 0.25) is 0 Å². The summed E-state index contributed by atoms with van der Waals surface area (Å²) in [4.78, 5) is 5.59. The van der Waals surface area contributed by atoms with Crippen molar-refractivity contribution in [3.8, 4) is 23.3 Å². The second-order valence-corrected chi connectivity index (χ2v) is 7.13. The molecule has 10 nitrogen and oxygen atoms in total. The number of nitriles is 1. The van der Waals surface area contributed by atoms with E-state index in [1.807, 2.05) is 6.07 Å². The number of tetrazole rings is 1. The number of pyridine rings is 1. The molecule has 11 heteroatoms. The number of benzene rings is 1. The zero-order chi connectivity index (χ0) is 19.3. The first kappa shape index (κ1) is 18.4. The van der Waals surface area contributed by atoms with Gasteiger partial charge in [-0.25, -0.2) is 13.4 Å². The first-order chi connectivity index (χ1) is 13.0. The molecule has 0 bridgehead atoms. The van der Waals surface area contributed by atoms with E-state index in [-0.39, 0.29) is 11.4 Å². The molecule has 0 amide bonds. The third-order valence-electron chi connectivity index (χ3n) is 3.55. The molecule has 1 aromatic carbocycles. The number of hydrogen-bond acceptors (Lipinski definition) is 8. The van der Waals surface area contributed by atoms with Crippen LogP contribution in [0, 0.1) is 11.3 Å². The highest BCUT2D eigenvalue weighted by Gasteiger charge is 2.14. The third-order valence-corrected chi connectivity index (χ3v) is 4.96. The highest BCUT2D eigenvalue weighted by atomic mass is 32.2. The number of sulfonamides is 1. The summed E-state index contributed by atoms with van der Waals surface area (Å²) in [5.74, 6) is 0.885. The standard InChI is InChI=1S/C16H15N7O3S/c1-26-15-7-2-12(10-18-15)11-23-21-16(20-22-23)13-3-5-14(6-4-13)27(24,25)19-9-8-17/h2-7,10,19H,9,11H2,1H3. The molecule has 0 fully saturated rings. The summed E-state index contributed by atoms with van der Waals surface area (Å²) in [5.41, 5.74) is 1.50. The highest BCUT2D eigenvalue weighted by Crippen LogP contribution is 2.17. The predicted molar refractivity (Wildman–Crippen MR) is 93.9 cm³/mol. The molecule has 0 atom stereocenters. The first-order valence-corrected chi connectivity index (χ1v) is 9.24. The number of ether oxygens (including phenoxy) is 1. The molecule has 2 heterocycles. The van der Waals surface area contributed by atoms with Crippen molar-refractivity contribution < 1.29 is 13.2 Å². The number of nitrogens with zero attached hydrogens (tertiary/aromatic N) is 6. The van der Waals surface area contributed by atoms with Crippen LogP contribution in [0.1, 0.15) is 5.56 Å². The summed E-state index contributed by atoms with van der Waals surface area (Å²) >= 11 is 0. The van der Waals surface area contributed by atoms with Crippen LogP contribution in [0.3, 0.4) is 0 Å². The number of methoxy groups -OCH3 is 1. The minimum absolute atomic E-state index is 0.0539. The van der Waals surface area contributed by atoms with Gasteiger partial charge in [-0.1, -0.05) is 6.07 Å². The molecule has 1 N–H and O–H groups in total. The van der Waals surface area contributed by atoms with E-state index < -0.39 is 10.0 Å². The second kappa shape index (κ2) is 7.90. The van der Waals surface area contributed by atoms with Gasteiger partial charge in [0.15, 0.2) is 0 Å². The molecule has 0 spiro atoms. The van der Waals surface area contributed by atoms with E-state index in [0.29, 0.717) is 23.8 Å². The van der Waals surface area contributed by atoms with Gasteiger partial charge in [0.05, 0.1) is 31.2 Å². The fourth-order valence-corrected chi connectivity index (χ4v) is 3.12. The van der Waals surface area contributed by atoms with Crippen LogP contribution in [0.5, 0.6) is 5.88 Å². The summed E-state index contributed by atoms with van der Waals surface area (Å²) in [6, 6.07) is 11.3. The molecule has 0 saturated carbocycles. The molecule has 0 unspecified atom stereocenters. The van der Waals surface area contributed by atoms with Crippen LogP contribution >= 0.6 is 0 Å². The molecule has 0 aliphatic rings. The summed E-state index contributed by atoms with van der Waals surface area (Å²) in [7, 11) is -2.17. The number of hydrogen-bond donors (Lipinski definition) is 1. The van der Waals surface area contributed by atoms with Gasteiger partial charge >= 0.3 is 0 Å². The van der Waals surface area contributed by atoms with Gasteiger partial charge in [0, 0.05) is 17.8 Å². The lowest BCUT2D eigenvalue weighted by Gasteiger charge is -2.03. The molecular weight excluding hydrogens is 370 g/mol. The van der Waals surface area contributed by atoms with Crippen LogP contribution in [-0.2, 0) is 16.6 Å². The lowest BCUT2D eigenvalue weighted by Crippen LogP contribution is -2.23. The van der Waals surface area contributed by atoms with E-state index in [9.17, 15) is 8.42 Å². The van der Waals surface area contributed by atoms with Crippen molar-refractivity contribution in [2.24, 2.45) is 0 Å². The van der Waals surface area contributed by atoms with Crippen LogP contribution < -0.4 is 9.46 Å². The fraction of sp³-hybridized carbons (Fsp3) is 0.188. The number of rotatable bonds is 7. The zero-order valence-corrected chi connectivity index (χ0v) is 15.1. The van der Waals surface area contributed by atoms with Gasteiger partial charge in [0.2, 0.25) is 21.7 Å². The largest absolute Gasteiger partial charge is 0.481 e. The monoisotopic (exact) mass is 385 g/mol. The molecule has 0 saturated heterocycles. The second-order valence-electron chi connectivity index (χ2n) is 5.36. The molecule has 138 valence electrons. The topological polar surface area (TPSA) is 136 Å². The van der Waals surface area contributed by atoms with Crippen molar-refractivity contribution in [3.63, 3.8) is 0 Å². The van der Waals surface area contributed by atoms with Crippen molar-refractivity contribution >= 4 is 10.0 Å². The minimum Gasteiger partial charge on any atom is -0.481 e. The third kappa shape index (κ3) is 4.43. The van der Waals surface area contributed by atoms with Gasteiger partial charge < -0.3 is 4.74 Å². The Hall–Kier alpha value is -3.36.